The first-order valence-corrected chi connectivity index (χ1v) is 9.11. The Morgan fingerprint density at radius 1 is 1.18 bits per heavy atom. The summed E-state index contributed by atoms with van der Waals surface area (Å²) in [5.74, 6) is 0. The van der Waals surface area contributed by atoms with Crippen molar-refractivity contribution in [3.05, 3.63) is 42.5 Å². The van der Waals surface area contributed by atoms with Gasteiger partial charge in [0.2, 0.25) is 0 Å². The maximum absolute atomic E-state index is 12.0. The summed E-state index contributed by atoms with van der Waals surface area (Å²) in [6.45, 7) is 5.36. The summed E-state index contributed by atoms with van der Waals surface area (Å²) in [4.78, 5) is 0.120. The molecule has 0 saturated heterocycles. The van der Waals surface area contributed by atoms with Gasteiger partial charge in [0.05, 0.1) is 17.6 Å². The molecule has 1 aromatic carbocycles. The third kappa shape index (κ3) is 7.20. The Balaban J connectivity index is 2.29. The third-order valence-electron chi connectivity index (χ3n) is 3.42. The average Bonchev–Trinajstić information content (AvgIpc) is 2.49. The number of aliphatic hydroxyl groups excluding tert-OH is 1. The predicted molar refractivity (Wildman–Crippen MR) is 88.2 cm³/mol. The summed E-state index contributed by atoms with van der Waals surface area (Å²) < 4.78 is 28.8. The maximum Gasteiger partial charge on any atom is 0.297 e. The van der Waals surface area contributed by atoms with E-state index in [1.807, 2.05) is 13.0 Å². The summed E-state index contributed by atoms with van der Waals surface area (Å²) in [6, 6.07) is 6.46. The molecule has 0 fully saturated rings. The quantitative estimate of drug-likeness (QED) is 0.383. The summed E-state index contributed by atoms with van der Waals surface area (Å²) in [5.41, 5.74) is 0.982. The second-order valence-electron chi connectivity index (χ2n) is 5.49. The van der Waals surface area contributed by atoms with Gasteiger partial charge in [-0.2, -0.15) is 8.42 Å². The number of aryl methyl sites for hydroxylation is 1. The van der Waals surface area contributed by atoms with Crippen LogP contribution in [-0.4, -0.2) is 26.2 Å². The lowest BCUT2D eigenvalue weighted by atomic mass is 10.1. The lowest BCUT2D eigenvalue weighted by molar-refractivity contribution is 0.100. The normalized spacial score (nSPS) is 13.0. The standard InChI is InChI=1S/C17H26O4S/c1-3-4-5-6-7-8-9-16(18)14-21-22(19,20)17-12-10-15(2)11-13-17/h3,10-13,16,18H,1,4-9,14H2,2H3/t16-/m1/s1. The Morgan fingerprint density at radius 2 is 1.82 bits per heavy atom. The molecule has 0 spiro atoms. The Bertz CT molecular complexity index is 534. The molecule has 0 amide bonds. The highest BCUT2D eigenvalue weighted by Gasteiger charge is 2.17. The van der Waals surface area contributed by atoms with Crippen molar-refractivity contribution in [3.63, 3.8) is 0 Å². The van der Waals surface area contributed by atoms with E-state index in [2.05, 4.69) is 6.58 Å². The molecule has 0 aliphatic rings. The minimum atomic E-state index is -3.79. The molecule has 0 saturated carbocycles. The van der Waals surface area contributed by atoms with Crippen LogP contribution in [-0.2, 0) is 14.3 Å². The molecule has 22 heavy (non-hydrogen) atoms. The molecule has 0 unspecified atom stereocenters. The number of aliphatic hydroxyl groups is 1. The van der Waals surface area contributed by atoms with Gasteiger partial charge >= 0.3 is 0 Å². The van der Waals surface area contributed by atoms with Crippen molar-refractivity contribution in [1.29, 1.82) is 0 Å². The zero-order valence-corrected chi connectivity index (χ0v) is 14.0. The number of benzene rings is 1. The van der Waals surface area contributed by atoms with Crippen LogP contribution in [0.5, 0.6) is 0 Å². The van der Waals surface area contributed by atoms with Crippen LogP contribution in [0.1, 0.15) is 44.1 Å². The SMILES string of the molecule is C=CCCCCCC[C@@H](O)COS(=O)(=O)c1ccc(C)cc1. The van der Waals surface area contributed by atoms with Gasteiger partial charge in [-0.25, -0.2) is 0 Å². The average molecular weight is 326 g/mol. The van der Waals surface area contributed by atoms with Crippen LogP contribution in [0, 0.1) is 6.92 Å². The van der Waals surface area contributed by atoms with E-state index >= 15 is 0 Å². The van der Waals surface area contributed by atoms with Gasteiger partial charge in [0.15, 0.2) is 0 Å². The van der Waals surface area contributed by atoms with E-state index in [0.29, 0.717) is 6.42 Å². The summed E-state index contributed by atoms with van der Waals surface area (Å²) >= 11 is 0. The van der Waals surface area contributed by atoms with E-state index in [1.165, 1.54) is 12.1 Å². The topological polar surface area (TPSA) is 63.6 Å². The van der Waals surface area contributed by atoms with E-state index in [-0.39, 0.29) is 11.5 Å². The summed E-state index contributed by atoms with van der Waals surface area (Å²) in [5, 5.41) is 9.80. The van der Waals surface area contributed by atoms with Crippen molar-refractivity contribution < 1.29 is 17.7 Å². The third-order valence-corrected chi connectivity index (χ3v) is 4.72. The Morgan fingerprint density at radius 3 is 2.45 bits per heavy atom. The van der Waals surface area contributed by atoms with Gasteiger partial charge in [-0.15, -0.1) is 6.58 Å². The minimum Gasteiger partial charge on any atom is -0.391 e. The van der Waals surface area contributed by atoms with E-state index < -0.39 is 16.2 Å². The van der Waals surface area contributed by atoms with Crippen molar-refractivity contribution in [1.82, 2.24) is 0 Å². The van der Waals surface area contributed by atoms with Crippen LogP contribution in [0.3, 0.4) is 0 Å². The van der Waals surface area contributed by atoms with Gasteiger partial charge in [0, 0.05) is 0 Å². The first-order valence-electron chi connectivity index (χ1n) is 7.71. The molecule has 1 atom stereocenters. The smallest absolute Gasteiger partial charge is 0.297 e. The highest BCUT2D eigenvalue weighted by molar-refractivity contribution is 7.86. The van der Waals surface area contributed by atoms with Crippen molar-refractivity contribution in [2.75, 3.05) is 6.61 Å². The van der Waals surface area contributed by atoms with Crippen LogP contribution >= 0.6 is 0 Å². The fourth-order valence-corrected chi connectivity index (χ4v) is 2.99. The van der Waals surface area contributed by atoms with Crippen molar-refractivity contribution >= 4 is 10.1 Å². The molecule has 0 radical (unpaired) electrons. The Hall–Kier alpha value is -1.17. The first kappa shape index (κ1) is 18.9. The minimum absolute atomic E-state index is 0.120. The maximum atomic E-state index is 12.0. The molecule has 1 rings (SSSR count). The van der Waals surface area contributed by atoms with E-state index in [1.54, 1.807) is 12.1 Å². The molecule has 1 aromatic rings. The number of hydrogen-bond donors (Lipinski definition) is 1. The molecular weight excluding hydrogens is 300 g/mol. The summed E-state index contributed by atoms with van der Waals surface area (Å²) in [6.07, 6.45) is 6.82. The van der Waals surface area contributed by atoms with Gasteiger partial charge in [-0.05, 0) is 38.3 Å². The van der Waals surface area contributed by atoms with Crippen LogP contribution in [0.4, 0.5) is 0 Å². The van der Waals surface area contributed by atoms with Gasteiger partial charge in [0.25, 0.3) is 10.1 Å². The lowest BCUT2D eigenvalue weighted by Gasteiger charge is -2.11. The molecular formula is C17H26O4S. The van der Waals surface area contributed by atoms with Gasteiger partial charge in [0.1, 0.15) is 0 Å². The number of rotatable bonds is 11. The van der Waals surface area contributed by atoms with Crippen LogP contribution < -0.4 is 0 Å². The van der Waals surface area contributed by atoms with E-state index in [9.17, 15) is 13.5 Å². The second kappa shape index (κ2) is 9.77. The zero-order valence-electron chi connectivity index (χ0n) is 13.2. The Labute approximate surface area is 133 Å². The van der Waals surface area contributed by atoms with Crippen molar-refractivity contribution in [3.8, 4) is 0 Å². The molecule has 0 heterocycles. The van der Waals surface area contributed by atoms with Crippen LogP contribution in [0.15, 0.2) is 41.8 Å². The number of allylic oxidation sites excluding steroid dienone is 1. The van der Waals surface area contributed by atoms with Crippen molar-refractivity contribution in [2.24, 2.45) is 0 Å². The fraction of sp³-hybridized carbons (Fsp3) is 0.529. The Kier molecular flexibility index (Phi) is 8.38. The summed E-state index contributed by atoms with van der Waals surface area (Å²) in [7, 11) is -3.79. The van der Waals surface area contributed by atoms with Crippen LogP contribution in [0.2, 0.25) is 0 Å². The lowest BCUT2D eigenvalue weighted by Crippen LogP contribution is -2.19. The second-order valence-corrected chi connectivity index (χ2v) is 7.10. The molecule has 5 heteroatoms. The van der Waals surface area contributed by atoms with Gasteiger partial charge in [-0.1, -0.05) is 43.0 Å². The first-order chi connectivity index (χ1) is 10.5. The molecule has 0 aromatic heterocycles. The monoisotopic (exact) mass is 326 g/mol. The zero-order chi connectivity index (χ0) is 16.4. The van der Waals surface area contributed by atoms with Crippen LogP contribution in [0.25, 0.3) is 0 Å². The largest absolute Gasteiger partial charge is 0.391 e. The molecule has 0 aliphatic carbocycles. The van der Waals surface area contributed by atoms with E-state index in [0.717, 1.165) is 37.7 Å². The highest BCUT2D eigenvalue weighted by atomic mass is 32.2. The van der Waals surface area contributed by atoms with Gasteiger partial charge < -0.3 is 5.11 Å². The van der Waals surface area contributed by atoms with Crippen molar-refractivity contribution in [2.45, 2.75) is 56.4 Å². The predicted octanol–water partition coefficient (Wildman–Crippen LogP) is 3.59. The number of hydrogen-bond acceptors (Lipinski definition) is 4. The highest BCUT2D eigenvalue weighted by Crippen LogP contribution is 2.14. The van der Waals surface area contributed by atoms with Gasteiger partial charge in [-0.3, -0.25) is 4.18 Å². The molecule has 0 bridgehead atoms. The number of unbranched alkanes of at least 4 members (excludes halogenated alkanes) is 4. The fourth-order valence-electron chi connectivity index (χ4n) is 2.05. The molecule has 4 nitrogen and oxygen atoms in total. The van der Waals surface area contributed by atoms with E-state index in [4.69, 9.17) is 4.18 Å². The molecule has 0 aliphatic heterocycles. The molecule has 124 valence electrons. The molecule has 1 N–H and O–H groups in total.